The third-order valence-electron chi connectivity index (χ3n) is 7.92. The number of rotatable bonds is 7. The van der Waals surface area contributed by atoms with E-state index in [-0.39, 0.29) is 26.8 Å². The lowest BCUT2D eigenvalue weighted by Crippen LogP contribution is -2.50. The van der Waals surface area contributed by atoms with Crippen molar-refractivity contribution in [3.8, 4) is 46.0 Å². The molecule has 0 unspecified atom stereocenters. The SMILES string of the molecule is COc1cc2c(c(OC)c1[C@@H]1OC[C@@]3(OC(C)=O)[C@H](c4c(OC)cc5c(c4OC)OCO5)OC[C@@]13C)OCO2. The monoisotopic (exact) mass is 546 g/mol. The van der Waals surface area contributed by atoms with Crippen LogP contribution in [0.1, 0.15) is 37.2 Å². The van der Waals surface area contributed by atoms with Gasteiger partial charge in [-0.15, -0.1) is 0 Å². The molecule has 4 aliphatic rings. The summed E-state index contributed by atoms with van der Waals surface area (Å²) >= 11 is 0. The third kappa shape index (κ3) is 3.40. The molecule has 39 heavy (non-hydrogen) atoms. The number of esters is 1. The highest BCUT2D eigenvalue weighted by atomic mass is 16.7. The number of methoxy groups -OCH3 is 4. The number of fused-ring (bicyclic) bond motifs is 3. The van der Waals surface area contributed by atoms with Crippen molar-refractivity contribution in [3.05, 3.63) is 23.3 Å². The zero-order valence-electron chi connectivity index (χ0n) is 22.5. The Kier molecular flexibility index (Phi) is 5.99. The summed E-state index contributed by atoms with van der Waals surface area (Å²) in [4.78, 5) is 12.7. The molecule has 12 nitrogen and oxygen atoms in total. The third-order valence-corrected chi connectivity index (χ3v) is 7.92. The van der Waals surface area contributed by atoms with Crippen LogP contribution in [0, 0.1) is 5.41 Å². The Balaban J connectivity index is 1.54. The molecule has 2 aromatic carbocycles. The second-order valence-corrected chi connectivity index (χ2v) is 9.80. The largest absolute Gasteiger partial charge is 0.496 e. The van der Waals surface area contributed by atoms with Crippen LogP contribution >= 0.6 is 0 Å². The summed E-state index contributed by atoms with van der Waals surface area (Å²) in [6.45, 7) is 3.53. The van der Waals surface area contributed by atoms with Gasteiger partial charge in [-0.3, -0.25) is 4.79 Å². The molecule has 0 radical (unpaired) electrons. The zero-order chi connectivity index (χ0) is 27.5. The molecular formula is C27H30O12. The summed E-state index contributed by atoms with van der Waals surface area (Å²) in [5.74, 6) is 3.02. The predicted octanol–water partition coefficient (Wildman–Crippen LogP) is 3.33. The van der Waals surface area contributed by atoms with Gasteiger partial charge >= 0.3 is 5.97 Å². The standard InChI is InChI=1S/C27H30O12/c1-13(28)39-27-10-34-24(18-14(29-3)7-16-20(22(18)31-5)37-11-35-16)26(27,2)9-33-25(27)19-15(30-4)8-17-21(23(19)32-6)38-12-36-17/h7-8,24-25H,9-12H2,1-6H3/t24-,25-,26-,27+/m0/s1. The van der Waals surface area contributed by atoms with Gasteiger partial charge in [0, 0.05) is 19.1 Å². The van der Waals surface area contributed by atoms with Crippen LogP contribution in [-0.4, -0.2) is 66.8 Å². The number of carbonyl (C=O) groups is 1. The van der Waals surface area contributed by atoms with Crippen molar-refractivity contribution < 1.29 is 56.9 Å². The molecule has 0 aromatic heterocycles. The van der Waals surface area contributed by atoms with Crippen LogP contribution in [0.2, 0.25) is 0 Å². The molecule has 0 aliphatic carbocycles. The first-order chi connectivity index (χ1) is 18.8. The van der Waals surface area contributed by atoms with Crippen LogP contribution in [0.4, 0.5) is 0 Å². The summed E-state index contributed by atoms with van der Waals surface area (Å²) in [5, 5.41) is 0. The van der Waals surface area contributed by atoms with Gasteiger partial charge in [0.15, 0.2) is 28.6 Å². The van der Waals surface area contributed by atoms with Crippen LogP contribution in [0.25, 0.3) is 0 Å². The van der Waals surface area contributed by atoms with E-state index in [4.69, 9.17) is 52.1 Å². The van der Waals surface area contributed by atoms with Gasteiger partial charge in [-0.2, -0.15) is 0 Å². The van der Waals surface area contributed by atoms with Gasteiger partial charge in [0.1, 0.15) is 23.7 Å². The predicted molar refractivity (Wildman–Crippen MR) is 131 cm³/mol. The lowest BCUT2D eigenvalue weighted by Gasteiger charge is -2.39. The summed E-state index contributed by atoms with van der Waals surface area (Å²) in [6, 6.07) is 3.44. The first-order valence-electron chi connectivity index (χ1n) is 12.3. The number of ether oxygens (including phenoxy) is 11. The van der Waals surface area contributed by atoms with Gasteiger partial charge in [0.25, 0.3) is 0 Å². The van der Waals surface area contributed by atoms with Crippen molar-refractivity contribution >= 4 is 5.97 Å². The molecule has 6 rings (SSSR count). The van der Waals surface area contributed by atoms with E-state index in [0.717, 1.165) is 0 Å². The van der Waals surface area contributed by atoms with E-state index in [1.807, 2.05) is 6.92 Å². The number of hydrogen-bond donors (Lipinski definition) is 0. The Hall–Kier alpha value is -3.77. The van der Waals surface area contributed by atoms with E-state index in [1.165, 1.54) is 28.3 Å². The maximum Gasteiger partial charge on any atom is 0.303 e. The van der Waals surface area contributed by atoms with Crippen molar-refractivity contribution in [2.45, 2.75) is 31.7 Å². The van der Waals surface area contributed by atoms with E-state index in [2.05, 4.69) is 0 Å². The number of hydrogen-bond acceptors (Lipinski definition) is 12. The van der Waals surface area contributed by atoms with E-state index in [0.29, 0.717) is 57.1 Å². The highest BCUT2D eigenvalue weighted by molar-refractivity contribution is 5.69. The van der Waals surface area contributed by atoms with Gasteiger partial charge in [-0.25, -0.2) is 0 Å². The molecule has 2 aromatic rings. The van der Waals surface area contributed by atoms with E-state index in [9.17, 15) is 4.79 Å². The average molecular weight is 547 g/mol. The van der Waals surface area contributed by atoms with E-state index in [1.54, 1.807) is 19.2 Å². The Morgan fingerprint density at radius 3 is 1.77 bits per heavy atom. The molecule has 4 aliphatic heterocycles. The highest BCUT2D eigenvalue weighted by Crippen LogP contribution is 2.68. The molecule has 0 saturated carbocycles. The topological polar surface area (TPSA) is 119 Å². The Labute approximate surface area is 224 Å². The maximum absolute atomic E-state index is 12.7. The molecule has 0 spiro atoms. The molecular weight excluding hydrogens is 516 g/mol. The van der Waals surface area contributed by atoms with Crippen LogP contribution in [0.5, 0.6) is 46.0 Å². The highest BCUT2D eigenvalue weighted by Gasteiger charge is 2.72. The zero-order valence-corrected chi connectivity index (χ0v) is 22.5. The molecule has 2 fully saturated rings. The summed E-state index contributed by atoms with van der Waals surface area (Å²) < 4.78 is 64.9. The first kappa shape index (κ1) is 25.5. The Bertz CT molecular complexity index is 1320. The molecule has 2 saturated heterocycles. The van der Waals surface area contributed by atoms with Gasteiger partial charge in [0.2, 0.25) is 25.1 Å². The van der Waals surface area contributed by atoms with Crippen molar-refractivity contribution in [1.82, 2.24) is 0 Å². The lowest BCUT2D eigenvalue weighted by molar-refractivity contribution is -0.171. The Morgan fingerprint density at radius 2 is 1.28 bits per heavy atom. The van der Waals surface area contributed by atoms with Crippen molar-refractivity contribution in [2.75, 3.05) is 55.2 Å². The van der Waals surface area contributed by atoms with Crippen LogP contribution < -0.4 is 37.9 Å². The fourth-order valence-electron chi connectivity index (χ4n) is 6.16. The Morgan fingerprint density at radius 1 is 0.769 bits per heavy atom. The molecule has 0 bridgehead atoms. The minimum atomic E-state index is -1.30. The summed E-state index contributed by atoms with van der Waals surface area (Å²) in [7, 11) is 6.13. The van der Waals surface area contributed by atoms with Gasteiger partial charge in [-0.05, 0) is 0 Å². The minimum absolute atomic E-state index is 0.0000850. The molecule has 4 heterocycles. The number of carbonyl (C=O) groups excluding carboxylic acids is 1. The second kappa shape index (κ2) is 9.16. The molecule has 210 valence electrons. The fraction of sp³-hybridized carbons (Fsp3) is 0.519. The van der Waals surface area contributed by atoms with Crippen LogP contribution in [-0.2, 0) is 19.0 Å². The van der Waals surface area contributed by atoms with Gasteiger partial charge < -0.3 is 52.1 Å². The fourth-order valence-corrected chi connectivity index (χ4v) is 6.16. The molecule has 12 heteroatoms. The van der Waals surface area contributed by atoms with Gasteiger partial charge in [0.05, 0.1) is 58.2 Å². The summed E-state index contributed by atoms with van der Waals surface area (Å²) in [5.41, 5.74) is -1.12. The smallest absolute Gasteiger partial charge is 0.303 e. The quantitative estimate of drug-likeness (QED) is 0.474. The molecule has 0 N–H and O–H groups in total. The van der Waals surface area contributed by atoms with E-state index >= 15 is 0 Å². The van der Waals surface area contributed by atoms with Crippen molar-refractivity contribution in [1.29, 1.82) is 0 Å². The second-order valence-electron chi connectivity index (χ2n) is 9.80. The van der Waals surface area contributed by atoms with Crippen LogP contribution in [0.15, 0.2) is 12.1 Å². The number of benzene rings is 2. The normalized spacial score (nSPS) is 27.7. The van der Waals surface area contributed by atoms with Crippen molar-refractivity contribution in [3.63, 3.8) is 0 Å². The maximum atomic E-state index is 12.7. The first-order valence-corrected chi connectivity index (χ1v) is 12.3. The average Bonchev–Trinajstić information content (AvgIpc) is 3.69. The summed E-state index contributed by atoms with van der Waals surface area (Å²) in [6.07, 6.45) is -1.53. The van der Waals surface area contributed by atoms with Gasteiger partial charge in [-0.1, -0.05) is 6.92 Å². The van der Waals surface area contributed by atoms with Crippen molar-refractivity contribution in [2.24, 2.45) is 5.41 Å². The van der Waals surface area contributed by atoms with E-state index < -0.39 is 29.2 Å². The minimum Gasteiger partial charge on any atom is -0.496 e. The van der Waals surface area contributed by atoms with Crippen LogP contribution in [0.3, 0.4) is 0 Å². The molecule has 0 amide bonds. The lowest BCUT2D eigenvalue weighted by atomic mass is 9.68. The molecule has 4 atom stereocenters.